The summed E-state index contributed by atoms with van der Waals surface area (Å²) in [6.07, 6.45) is 1.82. The van der Waals surface area contributed by atoms with E-state index in [2.05, 4.69) is 60.8 Å². The molecule has 1 aromatic carbocycles. The Bertz CT molecular complexity index is 773. The number of benzene rings is 1. The van der Waals surface area contributed by atoms with Crippen molar-refractivity contribution in [3.05, 3.63) is 48.7 Å². The maximum atomic E-state index is 12.8. The van der Waals surface area contributed by atoms with Gasteiger partial charge in [-0.15, -0.1) is 0 Å². The zero-order valence-electron chi connectivity index (χ0n) is 16.9. The fourth-order valence-electron chi connectivity index (χ4n) is 3.50. The summed E-state index contributed by atoms with van der Waals surface area (Å²) in [6.45, 7) is 12.7. The van der Waals surface area contributed by atoms with Crippen molar-refractivity contribution in [2.45, 2.75) is 45.6 Å². The van der Waals surface area contributed by atoms with Gasteiger partial charge >= 0.3 is 6.03 Å². The summed E-state index contributed by atoms with van der Waals surface area (Å²) in [5.74, 6) is 0.971. The molecule has 6 heteroatoms. The number of amides is 2. The van der Waals surface area contributed by atoms with E-state index in [0.29, 0.717) is 6.54 Å². The third-order valence-corrected chi connectivity index (χ3v) is 7.26. The first-order chi connectivity index (χ1) is 12.8. The Balaban J connectivity index is 1.66. The number of urea groups is 1. The van der Waals surface area contributed by atoms with Crippen LogP contribution in [0.5, 0.6) is 0 Å². The number of pyridine rings is 1. The zero-order chi connectivity index (χ0) is 19.6. The number of hydrogen-bond acceptors (Lipinski definition) is 3. The highest BCUT2D eigenvalue weighted by Crippen LogP contribution is 2.22. The van der Waals surface area contributed by atoms with Crippen LogP contribution in [0.15, 0.2) is 48.7 Å². The molecule has 0 saturated carbocycles. The van der Waals surface area contributed by atoms with Gasteiger partial charge in [-0.25, -0.2) is 9.78 Å². The highest BCUT2D eigenvalue weighted by atomic mass is 28.3. The predicted molar refractivity (Wildman–Crippen MR) is 116 cm³/mol. The van der Waals surface area contributed by atoms with Gasteiger partial charge in [0, 0.05) is 37.1 Å². The number of aromatic nitrogens is 1. The quantitative estimate of drug-likeness (QED) is 0.823. The minimum Gasteiger partial charge on any atom is -0.350 e. The molecule has 2 aromatic rings. The van der Waals surface area contributed by atoms with Gasteiger partial charge in [-0.2, -0.15) is 0 Å². The molecule has 2 amide bonds. The molecule has 1 N–H and O–H groups in total. The molecule has 2 atom stereocenters. The van der Waals surface area contributed by atoms with Crippen molar-refractivity contribution in [1.29, 1.82) is 0 Å². The van der Waals surface area contributed by atoms with Gasteiger partial charge in [-0.1, -0.05) is 43.0 Å². The molecule has 1 fully saturated rings. The SMILES string of the molecule is CC1CN(c2ccccn2)C(C)CN1C(=O)Nc1ccc([Si](C)(C)C)cc1. The molecule has 27 heavy (non-hydrogen) atoms. The highest BCUT2D eigenvalue weighted by Gasteiger charge is 2.32. The van der Waals surface area contributed by atoms with E-state index in [1.54, 1.807) is 0 Å². The van der Waals surface area contributed by atoms with E-state index in [-0.39, 0.29) is 18.1 Å². The number of carbonyl (C=O) groups is 1. The molecule has 144 valence electrons. The number of nitrogens with zero attached hydrogens (tertiary/aromatic N) is 3. The second-order valence-electron chi connectivity index (χ2n) is 8.45. The minimum atomic E-state index is -1.32. The lowest BCUT2D eigenvalue weighted by Gasteiger charge is -2.44. The molecule has 5 nitrogen and oxygen atoms in total. The van der Waals surface area contributed by atoms with E-state index in [9.17, 15) is 4.79 Å². The van der Waals surface area contributed by atoms with Crippen molar-refractivity contribution in [2.75, 3.05) is 23.3 Å². The van der Waals surface area contributed by atoms with Gasteiger partial charge in [0.05, 0.1) is 8.07 Å². The Morgan fingerprint density at radius 1 is 1.04 bits per heavy atom. The molecule has 1 aliphatic heterocycles. The molecular weight excluding hydrogens is 352 g/mol. The summed E-state index contributed by atoms with van der Waals surface area (Å²) in [5.41, 5.74) is 0.856. The smallest absolute Gasteiger partial charge is 0.322 e. The Kier molecular flexibility index (Phi) is 5.55. The topological polar surface area (TPSA) is 48.5 Å². The summed E-state index contributed by atoms with van der Waals surface area (Å²) in [7, 11) is -1.32. The standard InChI is InChI=1S/C21H30N4OSi/c1-16-15-25(17(2)14-24(16)20-8-6-7-13-22-20)21(26)23-18-9-11-19(12-10-18)27(3,4)5/h6-13,16-17H,14-15H2,1-5H3,(H,23,26). The molecule has 2 heterocycles. The van der Waals surface area contributed by atoms with Crippen LogP contribution in [-0.4, -0.2) is 49.2 Å². The van der Waals surface area contributed by atoms with Crippen LogP contribution >= 0.6 is 0 Å². The summed E-state index contributed by atoms with van der Waals surface area (Å²) in [5, 5.41) is 4.46. The highest BCUT2D eigenvalue weighted by molar-refractivity contribution is 6.88. The van der Waals surface area contributed by atoms with E-state index >= 15 is 0 Å². The molecule has 0 aliphatic carbocycles. The molecular formula is C21H30N4OSi. The van der Waals surface area contributed by atoms with Crippen molar-refractivity contribution in [1.82, 2.24) is 9.88 Å². The molecule has 1 aromatic heterocycles. The number of nitrogens with one attached hydrogen (secondary N) is 1. The molecule has 1 aliphatic rings. The van der Waals surface area contributed by atoms with Crippen LogP contribution < -0.4 is 15.4 Å². The average molecular weight is 383 g/mol. The van der Waals surface area contributed by atoms with Gasteiger partial charge in [0.25, 0.3) is 0 Å². The monoisotopic (exact) mass is 382 g/mol. The van der Waals surface area contributed by atoms with Gasteiger partial charge in [-0.3, -0.25) is 0 Å². The van der Waals surface area contributed by atoms with Crippen LogP contribution in [0.3, 0.4) is 0 Å². The Labute approximate surface area is 163 Å². The lowest BCUT2D eigenvalue weighted by atomic mass is 10.1. The molecule has 0 radical (unpaired) electrons. The maximum Gasteiger partial charge on any atom is 0.322 e. The lowest BCUT2D eigenvalue weighted by Crippen LogP contribution is -2.59. The predicted octanol–water partition coefficient (Wildman–Crippen LogP) is 3.76. The van der Waals surface area contributed by atoms with E-state index in [0.717, 1.165) is 18.1 Å². The summed E-state index contributed by atoms with van der Waals surface area (Å²) in [6, 6.07) is 14.6. The number of rotatable bonds is 3. The van der Waals surface area contributed by atoms with Crippen LogP contribution in [0.25, 0.3) is 0 Å². The van der Waals surface area contributed by atoms with Crippen LogP contribution in [0.2, 0.25) is 19.6 Å². The first-order valence-corrected chi connectivity index (χ1v) is 13.1. The second-order valence-corrected chi connectivity index (χ2v) is 13.5. The van der Waals surface area contributed by atoms with E-state index in [1.165, 1.54) is 5.19 Å². The summed E-state index contributed by atoms with van der Waals surface area (Å²) >= 11 is 0. The average Bonchev–Trinajstić information content (AvgIpc) is 2.63. The molecule has 0 spiro atoms. The van der Waals surface area contributed by atoms with E-state index < -0.39 is 8.07 Å². The molecule has 1 saturated heterocycles. The fraction of sp³-hybridized carbons (Fsp3) is 0.429. The fourth-order valence-corrected chi connectivity index (χ4v) is 4.67. The summed E-state index contributed by atoms with van der Waals surface area (Å²) in [4.78, 5) is 21.5. The third kappa shape index (κ3) is 4.50. The number of hydrogen-bond donors (Lipinski definition) is 1. The first-order valence-electron chi connectivity index (χ1n) is 9.61. The first kappa shape index (κ1) is 19.4. The van der Waals surface area contributed by atoms with E-state index in [1.807, 2.05) is 41.4 Å². The van der Waals surface area contributed by atoms with Gasteiger partial charge in [0.15, 0.2) is 0 Å². The molecule has 2 unspecified atom stereocenters. The Hall–Kier alpha value is -2.34. The van der Waals surface area contributed by atoms with Crippen molar-refractivity contribution < 1.29 is 4.79 Å². The van der Waals surface area contributed by atoms with Crippen molar-refractivity contribution in [2.24, 2.45) is 0 Å². The maximum absolute atomic E-state index is 12.8. The van der Waals surface area contributed by atoms with Crippen molar-refractivity contribution in [3.8, 4) is 0 Å². The summed E-state index contributed by atoms with van der Waals surface area (Å²) < 4.78 is 0. The normalized spacial score (nSPS) is 20.5. The van der Waals surface area contributed by atoms with Crippen LogP contribution in [0, 0.1) is 0 Å². The Morgan fingerprint density at radius 3 is 2.33 bits per heavy atom. The molecule has 0 bridgehead atoms. The number of carbonyl (C=O) groups excluding carboxylic acids is 1. The van der Waals surface area contributed by atoms with Crippen molar-refractivity contribution >= 4 is 30.8 Å². The number of anilines is 2. The Morgan fingerprint density at radius 2 is 1.74 bits per heavy atom. The minimum absolute atomic E-state index is 0.0317. The zero-order valence-corrected chi connectivity index (χ0v) is 17.9. The lowest BCUT2D eigenvalue weighted by molar-refractivity contribution is 0.173. The third-order valence-electron chi connectivity index (χ3n) is 5.19. The number of piperazine rings is 1. The van der Waals surface area contributed by atoms with Crippen LogP contribution in [0.1, 0.15) is 13.8 Å². The van der Waals surface area contributed by atoms with Crippen LogP contribution in [-0.2, 0) is 0 Å². The van der Waals surface area contributed by atoms with Gasteiger partial charge in [0.1, 0.15) is 5.82 Å². The van der Waals surface area contributed by atoms with Crippen molar-refractivity contribution in [3.63, 3.8) is 0 Å². The van der Waals surface area contributed by atoms with Gasteiger partial charge in [-0.05, 0) is 38.1 Å². The van der Waals surface area contributed by atoms with Gasteiger partial charge < -0.3 is 15.1 Å². The second kappa shape index (κ2) is 7.72. The molecule has 3 rings (SSSR count). The largest absolute Gasteiger partial charge is 0.350 e. The van der Waals surface area contributed by atoms with Crippen LogP contribution in [0.4, 0.5) is 16.3 Å². The van der Waals surface area contributed by atoms with Gasteiger partial charge in [0.2, 0.25) is 0 Å². The van der Waals surface area contributed by atoms with E-state index in [4.69, 9.17) is 0 Å².